The van der Waals surface area contributed by atoms with E-state index in [0.29, 0.717) is 6.42 Å². The third-order valence-corrected chi connectivity index (χ3v) is 3.02. The van der Waals surface area contributed by atoms with Crippen molar-refractivity contribution in [2.75, 3.05) is 6.61 Å². The molecule has 0 spiro atoms. The second-order valence-electron chi connectivity index (χ2n) is 6.45. The lowest BCUT2D eigenvalue weighted by Gasteiger charge is -2.23. The molecular weight excluding hydrogens is 296 g/mol. The molecule has 1 rings (SSSR count). The molecule has 0 aliphatic carbocycles. The number of aliphatic hydroxyl groups is 1. The highest BCUT2D eigenvalue weighted by molar-refractivity contribution is 5.85. The minimum Gasteiger partial charge on any atom is -0.444 e. The number of nitrogens with one attached hydrogen (secondary N) is 2. The van der Waals surface area contributed by atoms with Crippen LogP contribution in [0.1, 0.15) is 33.3 Å². The van der Waals surface area contributed by atoms with E-state index in [1.54, 1.807) is 27.7 Å². The lowest BCUT2D eigenvalue weighted by Crippen LogP contribution is -2.50. The Morgan fingerprint density at radius 1 is 1.17 bits per heavy atom. The maximum atomic E-state index is 12.1. The normalized spacial score (nSPS) is 13.8. The summed E-state index contributed by atoms with van der Waals surface area (Å²) in [5, 5.41) is 14.6. The quantitative estimate of drug-likeness (QED) is 0.742. The van der Waals surface area contributed by atoms with E-state index in [1.165, 1.54) is 0 Å². The van der Waals surface area contributed by atoms with Crippen LogP contribution in [0.25, 0.3) is 0 Å². The van der Waals surface area contributed by atoms with Crippen LogP contribution in [0, 0.1) is 0 Å². The summed E-state index contributed by atoms with van der Waals surface area (Å²) in [4.78, 5) is 23.8. The molecule has 0 aromatic heterocycles. The number of benzene rings is 1. The van der Waals surface area contributed by atoms with Crippen molar-refractivity contribution in [3.8, 4) is 0 Å². The highest BCUT2D eigenvalue weighted by atomic mass is 16.6. The van der Waals surface area contributed by atoms with Crippen molar-refractivity contribution >= 4 is 12.0 Å². The van der Waals surface area contributed by atoms with Crippen LogP contribution < -0.4 is 10.6 Å². The number of rotatable bonds is 6. The van der Waals surface area contributed by atoms with E-state index in [0.717, 1.165) is 5.56 Å². The summed E-state index contributed by atoms with van der Waals surface area (Å²) in [5.74, 6) is -0.370. The number of amides is 2. The van der Waals surface area contributed by atoms with Gasteiger partial charge < -0.3 is 20.5 Å². The molecule has 6 nitrogen and oxygen atoms in total. The van der Waals surface area contributed by atoms with Gasteiger partial charge in [-0.2, -0.15) is 0 Å². The molecule has 0 bridgehead atoms. The molecule has 6 heteroatoms. The van der Waals surface area contributed by atoms with Gasteiger partial charge in [-0.15, -0.1) is 0 Å². The van der Waals surface area contributed by atoms with Gasteiger partial charge in [-0.3, -0.25) is 4.79 Å². The van der Waals surface area contributed by atoms with Gasteiger partial charge in [0, 0.05) is 0 Å². The minimum atomic E-state index is -0.755. The Hall–Kier alpha value is -2.08. The largest absolute Gasteiger partial charge is 0.444 e. The highest BCUT2D eigenvalue weighted by Gasteiger charge is 2.22. The molecule has 1 aromatic carbocycles. The first-order valence-corrected chi connectivity index (χ1v) is 7.66. The van der Waals surface area contributed by atoms with Gasteiger partial charge in [0.15, 0.2) is 0 Å². The molecule has 2 atom stereocenters. The molecular formula is C17H26N2O4. The zero-order valence-electron chi connectivity index (χ0n) is 14.1. The summed E-state index contributed by atoms with van der Waals surface area (Å²) in [6, 6.07) is 8.40. The number of hydrogen-bond acceptors (Lipinski definition) is 4. The molecule has 128 valence electrons. The smallest absolute Gasteiger partial charge is 0.408 e. The van der Waals surface area contributed by atoms with Crippen LogP contribution in [0.15, 0.2) is 30.3 Å². The van der Waals surface area contributed by atoms with E-state index in [9.17, 15) is 14.7 Å². The fourth-order valence-corrected chi connectivity index (χ4v) is 1.94. The Labute approximate surface area is 137 Å². The first kappa shape index (κ1) is 19.0. The third-order valence-electron chi connectivity index (χ3n) is 3.02. The number of hydrogen-bond donors (Lipinski definition) is 3. The van der Waals surface area contributed by atoms with Crippen molar-refractivity contribution in [1.29, 1.82) is 0 Å². The van der Waals surface area contributed by atoms with E-state index in [1.807, 2.05) is 30.3 Å². The van der Waals surface area contributed by atoms with E-state index >= 15 is 0 Å². The average molecular weight is 322 g/mol. The predicted molar refractivity (Wildman–Crippen MR) is 88.0 cm³/mol. The molecule has 0 aliphatic rings. The zero-order chi connectivity index (χ0) is 17.5. The van der Waals surface area contributed by atoms with Gasteiger partial charge in [0.05, 0.1) is 12.6 Å². The van der Waals surface area contributed by atoms with Crippen LogP contribution in [-0.2, 0) is 16.0 Å². The SMILES string of the molecule is CC(NC(=O)OC(C)(C)C)C(=O)NC(CO)Cc1ccccc1. The van der Waals surface area contributed by atoms with Gasteiger partial charge in [0.25, 0.3) is 0 Å². The van der Waals surface area contributed by atoms with Crippen molar-refractivity contribution in [3.63, 3.8) is 0 Å². The Morgan fingerprint density at radius 3 is 2.30 bits per heavy atom. The molecule has 3 N–H and O–H groups in total. The summed E-state index contributed by atoms with van der Waals surface area (Å²) in [5.41, 5.74) is 0.390. The molecule has 0 saturated carbocycles. The van der Waals surface area contributed by atoms with Gasteiger partial charge >= 0.3 is 6.09 Å². The summed E-state index contributed by atoms with van der Waals surface area (Å²) >= 11 is 0. The molecule has 1 aromatic rings. The van der Waals surface area contributed by atoms with E-state index in [2.05, 4.69) is 10.6 Å². The average Bonchev–Trinajstić information content (AvgIpc) is 2.45. The van der Waals surface area contributed by atoms with Gasteiger partial charge in [0.2, 0.25) is 5.91 Å². The molecule has 23 heavy (non-hydrogen) atoms. The Morgan fingerprint density at radius 2 is 1.78 bits per heavy atom. The summed E-state index contributed by atoms with van der Waals surface area (Å²) in [7, 11) is 0. The van der Waals surface area contributed by atoms with E-state index in [4.69, 9.17) is 4.74 Å². The van der Waals surface area contributed by atoms with Crippen LogP contribution in [0.3, 0.4) is 0 Å². The second-order valence-corrected chi connectivity index (χ2v) is 6.45. The topological polar surface area (TPSA) is 87.7 Å². The number of alkyl carbamates (subject to hydrolysis) is 1. The Kier molecular flexibility index (Phi) is 7.03. The summed E-state index contributed by atoms with van der Waals surface area (Å²) in [6.45, 7) is 6.63. The molecule has 0 heterocycles. The maximum absolute atomic E-state index is 12.1. The van der Waals surface area contributed by atoms with Crippen LogP contribution in [-0.4, -0.2) is 41.4 Å². The molecule has 0 aliphatic heterocycles. The fraction of sp³-hybridized carbons (Fsp3) is 0.529. The lowest BCUT2D eigenvalue weighted by molar-refractivity contribution is -0.123. The van der Waals surface area contributed by atoms with Crippen molar-refractivity contribution in [2.24, 2.45) is 0 Å². The molecule has 0 fully saturated rings. The van der Waals surface area contributed by atoms with Gasteiger partial charge in [0.1, 0.15) is 11.6 Å². The number of carbonyl (C=O) groups is 2. The van der Waals surface area contributed by atoms with Crippen LogP contribution >= 0.6 is 0 Å². The fourth-order valence-electron chi connectivity index (χ4n) is 1.94. The van der Waals surface area contributed by atoms with Crippen LogP contribution in [0.4, 0.5) is 4.79 Å². The number of carbonyl (C=O) groups excluding carboxylic acids is 2. The van der Waals surface area contributed by atoms with Crippen molar-refractivity contribution in [1.82, 2.24) is 10.6 Å². The monoisotopic (exact) mass is 322 g/mol. The molecule has 0 radical (unpaired) electrons. The summed E-state index contributed by atoms with van der Waals surface area (Å²) < 4.78 is 5.11. The highest BCUT2D eigenvalue weighted by Crippen LogP contribution is 2.07. The second kappa shape index (κ2) is 8.53. The number of ether oxygens (including phenoxy) is 1. The predicted octanol–water partition coefficient (Wildman–Crippen LogP) is 1.62. The van der Waals surface area contributed by atoms with Crippen LogP contribution in [0.2, 0.25) is 0 Å². The van der Waals surface area contributed by atoms with Crippen molar-refractivity contribution in [3.05, 3.63) is 35.9 Å². The first-order valence-electron chi connectivity index (χ1n) is 7.66. The third kappa shape index (κ3) is 7.65. The molecule has 0 saturated heterocycles. The van der Waals surface area contributed by atoms with Crippen molar-refractivity contribution in [2.45, 2.75) is 51.8 Å². The van der Waals surface area contributed by atoms with Gasteiger partial charge in [-0.1, -0.05) is 30.3 Å². The summed E-state index contributed by atoms with van der Waals surface area (Å²) in [6.07, 6.45) is -0.133. The Balaban J connectivity index is 2.50. The van der Waals surface area contributed by atoms with Crippen LogP contribution in [0.5, 0.6) is 0 Å². The molecule has 2 amide bonds. The first-order chi connectivity index (χ1) is 10.7. The van der Waals surface area contributed by atoms with E-state index in [-0.39, 0.29) is 12.5 Å². The number of aliphatic hydroxyl groups excluding tert-OH is 1. The maximum Gasteiger partial charge on any atom is 0.408 e. The standard InChI is InChI=1S/C17H26N2O4/c1-12(18-16(22)23-17(2,3)4)15(21)19-14(11-20)10-13-8-6-5-7-9-13/h5-9,12,14,20H,10-11H2,1-4H3,(H,18,22)(H,19,21). The van der Waals surface area contributed by atoms with Gasteiger partial charge in [-0.25, -0.2) is 4.79 Å². The van der Waals surface area contributed by atoms with Crippen molar-refractivity contribution < 1.29 is 19.4 Å². The van der Waals surface area contributed by atoms with Gasteiger partial charge in [-0.05, 0) is 39.7 Å². The Bertz CT molecular complexity index is 511. The molecule has 2 unspecified atom stereocenters. The van der Waals surface area contributed by atoms with E-state index < -0.39 is 23.8 Å². The lowest BCUT2D eigenvalue weighted by atomic mass is 10.1. The zero-order valence-corrected chi connectivity index (χ0v) is 14.1. The minimum absolute atomic E-state index is 0.181.